The van der Waals surface area contributed by atoms with Crippen molar-refractivity contribution in [3.63, 3.8) is 0 Å². The average molecular weight is 239 g/mol. The molecule has 1 amide bonds. The summed E-state index contributed by atoms with van der Waals surface area (Å²) in [5.41, 5.74) is 6.68. The highest BCUT2D eigenvalue weighted by Gasteiger charge is 2.36. The van der Waals surface area contributed by atoms with E-state index in [0.717, 1.165) is 12.8 Å². The van der Waals surface area contributed by atoms with Gasteiger partial charge in [0.1, 0.15) is 0 Å². The van der Waals surface area contributed by atoms with Gasteiger partial charge < -0.3 is 11.1 Å². The van der Waals surface area contributed by atoms with Crippen molar-refractivity contribution in [2.75, 3.05) is 5.73 Å². The third-order valence-electron chi connectivity index (χ3n) is 3.02. The van der Waals surface area contributed by atoms with Crippen molar-refractivity contribution in [3.8, 4) is 0 Å². The quantitative estimate of drug-likeness (QED) is 0.795. The standard InChI is InChI=1S/C12H15ClN2O/c1-2-7-5-11(7)15-12(16)9-4-3-8(13)6-10(9)14/h3-4,6-7,11H,2,5,14H2,1H3,(H,15,16). The molecule has 3 N–H and O–H groups in total. The van der Waals surface area contributed by atoms with Gasteiger partial charge in [-0.15, -0.1) is 0 Å². The van der Waals surface area contributed by atoms with Crippen molar-refractivity contribution in [3.05, 3.63) is 28.8 Å². The van der Waals surface area contributed by atoms with Crippen LogP contribution in [-0.2, 0) is 0 Å². The predicted molar refractivity (Wildman–Crippen MR) is 65.5 cm³/mol. The lowest BCUT2D eigenvalue weighted by Gasteiger charge is -2.07. The largest absolute Gasteiger partial charge is 0.398 e. The van der Waals surface area contributed by atoms with Crippen LogP contribution in [0.4, 0.5) is 5.69 Å². The Labute approximate surface area is 100.0 Å². The van der Waals surface area contributed by atoms with Crippen LogP contribution in [0.2, 0.25) is 5.02 Å². The van der Waals surface area contributed by atoms with E-state index in [0.29, 0.717) is 28.2 Å². The third-order valence-corrected chi connectivity index (χ3v) is 3.26. The molecule has 86 valence electrons. The van der Waals surface area contributed by atoms with Gasteiger partial charge in [-0.2, -0.15) is 0 Å². The Morgan fingerprint density at radius 2 is 2.38 bits per heavy atom. The van der Waals surface area contributed by atoms with Gasteiger partial charge >= 0.3 is 0 Å². The smallest absolute Gasteiger partial charge is 0.253 e. The molecule has 4 heteroatoms. The number of anilines is 1. The summed E-state index contributed by atoms with van der Waals surface area (Å²) in [6.45, 7) is 2.13. The van der Waals surface area contributed by atoms with Crippen molar-refractivity contribution in [2.24, 2.45) is 5.92 Å². The number of nitrogen functional groups attached to an aromatic ring is 1. The molecule has 2 atom stereocenters. The van der Waals surface area contributed by atoms with Crippen molar-refractivity contribution < 1.29 is 4.79 Å². The van der Waals surface area contributed by atoms with E-state index >= 15 is 0 Å². The third kappa shape index (κ3) is 2.30. The van der Waals surface area contributed by atoms with E-state index in [1.807, 2.05) is 0 Å². The van der Waals surface area contributed by atoms with E-state index in [1.54, 1.807) is 18.2 Å². The molecule has 1 aliphatic carbocycles. The molecule has 3 nitrogen and oxygen atoms in total. The fourth-order valence-corrected chi connectivity index (χ4v) is 2.04. The minimum absolute atomic E-state index is 0.102. The number of hydrogen-bond acceptors (Lipinski definition) is 2. The molecule has 0 heterocycles. The second-order valence-electron chi connectivity index (χ2n) is 4.22. The van der Waals surface area contributed by atoms with Crippen LogP contribution in [0.5, 0.6) is 0 Å². The highest BCUT2D eigenvalue weighted by atomic mass is 35.5. The van der Waals surface area contributed by atoms with Crippen LogP contribution < -0.4 is 11.1 Å². The molecule has 2 unspecified atom stereocenters. The summed E-state index contributed by atoms with van der Waals surface area (Å²) in [4.78, 5) is 11.9. The maximum absolute atomic E-state index is 11.9. The first kappa shape index (κ1) is 11.3. The molecular formula is C12H15ClN2O. The Hall–Kier alpha value is -1.22. The molecule has 0 bridgehead atoms. The lowest BCUT2D eigenvalue weighted by Crippen LogP contribution is -2.27. The summed E-state index contributed by atoms with van der Waals surface area (Å²) in [5.74, 6) is 0.535. The number of carbonyl (C=O) groups is 1. The number of nitrogens with two attached hydrogens (primary N) is 1. The maximum atomic E-state index is 11.9. The molecular weight excluding hydrogens is 224 g/mol. The van der Waals surface area contributed by atoms with Crippen molar-refractivity contribution in [1.82, 2.24) is 5.32 Å². The number of rotatable bonds is 3. The SMILES string of the molecule is CCC1CC1NC(=O)c1ccc(Cl)cc1N. The number of carbonyl (C=O) groups excluding carboxylic acids is 1. The molecule has 0 radical (unpaired) electrons. The molecule has 0 aliphatic heterocycles. The Balaban J connectivity index is 2.04. The first-order valence-electron chi connectivity index (χ1n) is 5.47. The molecule has 1 aliphatic rings. The Kier molecular flexibility index (Phi) is 3.06. The van der Waals surface area contributed by atoms with Crippen LogP contribution >= 0.6 is 11.6 Å². The molecule has 1 fully saturated rings. The van der Waals surface area contributed by atoms with Gasteiger partial charge in [-0.25, -0.2) is 0 Å². The normalized spacial score (nSPS) is 22.9. The molecule has 1 aromatic rings. The lowest BCUT2D eigenvalue weighted by atomic mass is 10.1. The zero-order valence-electron chi connectivity index (χ0n) is 9.16. The molecule has 0 aromatic heterocycles. The van der Waals surface area contributed by atoms with Crippen LogP contribution in [0, 0.1) is 5.92 Å². The van der Waals surface area contributed by atoms with Gasteiger partial charge in [0.15, 0.2) is 0 Å². The second kappa shape index (κ2) is 4.34. The molecule has 16 heavy (non-hydrogen) atoms. The zero-order chi connectivity index (χ0) is 11.7. The van der Waals surface area contributed by atoms with Crippen molar-refractivity contribution in [2.45, 2.75) is 25.8 Å². The van der Waals surface area contributed by atoms with Crippen molar-refractivity contribution in [1.29, 1.82) is 0 Å². The topological polar surface area (TPSA) is 55.1 Å². The minimum Gasteiger partial charge on any atom is -0.398 e. The van der Waals surface area contributed by atoms with E-state index < -0.39 is 0 Å². The first-order chi connectivity index (χ1) is 7.61. The lowest BCUT2D eigenvalue weighted by molar-refractivity contribution is 0.0950. The fourth-order valence-electron chi connectivity index (χ4n) is 1.86. The van der Waals surface area contributed by atoms with Gasteiger partial charge in [0, 0.05) is 16.8 Å². The number of halogens is 1. The summed E-state index contributed by atoms with van der Waals surface area (Å²) in [6, 6.07) is 5.26. The molecule has 0 spiro atoms. The molecule has 2 rings (SSSR count). The van der Waals surface area contributed by atoms with Gasteiger partial charge in [-0.05, 0) is 30.5 Å². The minimum atomic E-state index is -0.102. The summed E-state index contributed by atoms with van der Waals surface area (Å²) in [5, 5.41) is 3.52. The van der Waals surface area contributed by atoms with Crippen LogP contribution in [-0.4, -0.2) is 11.9 Å². The molecule has 0 saturated heterocycles. The Morgan fingerprint density at radius 1 is 1.62 bits per heavy atom. The number of hydrogen-bond donors (Lipinski definition) is 2. The van der Waals surface area contributed by atoms with Gasteiger partial charge in [0.05, 0.1) is 5.56 Å². The maximum Gasteiger partial charge on any atom is 0.253 e. The summed E-state index contributed by atoms with van der Waals surface area (Å²) < 4.78 is 0. The highest BCUT2D eigenvalue weighted by molar-refractivity contribution is 6.31. The number of amides is 1. The van der Waals surface area contributed by atoms with Crippen LogP contribution in [0.25, 0.3) is 0 Å². The van der Waals surface area contributed by atoms with Gasteiger partial charge in [-0.1, -0.05) is 24.9 Å². The Bertz CT molecular complexity index is 419. The number of nitrogens with one attached hydrogen (secondary N) is 1. The van der Waals surface area contributed by atoms with E-state index in [9.17, 15) is 4.79 Å². The predicted octanol–water partition coefficient (Wildman–Crippen LogP) is 2.45. The summed E-state index contributed by atoms with van der Waals surface area (Å²) in [6.07, 6.45) is 2.19. The number of benzene rings is 1. The monoisotopic (exact) mass is 238 g/mol. The first-order valence-corrected chi connectivity index (χ1v) is 5.85. The van der Waals surface area contributed by atoms with Gasteiger partial charge in [0.25, 0.3) is 5.91 Å². The van der Waals surface area contributed by atoms with Crippen LogP contribution in [0.3, 0.4) is 0 Å². The van der Waals surface area contributed by atoms with Crippen LogP contribution in [0.1, 0.15) is 30.1 Å². The second-order valence-corrected chi connectivity index (χ2v) is 4.65. The molecule has 1 saturated carbocycles. The van der Waals surface area contributed by atoms with Gasteiger partial charge in [-0.3, -0.25) is 4.79 Å². The zero-order valence-corrected chi connectivity index (χ0v) is 9.92. The summed E-state index contributed by atoms with van der Waals surface area (Å²) >= 11 is 5.77. The van der Waals surface area contributed by atoms with E-state index in [2.05, 4.69) is 12.2 Å². The Morgan fingerprint density at radius 3 is 2.94 bits per heavy atom. The van der Waals surface area contributed by atoms with Crippen LogP contribution in [0.15, 0.2) is 18.2 Å². The summed E-state index contributed by atoms with van der Waals surface area (Å²) in [7, 11) is 0. The van der Waals surface area contributed by atoms with E-state index in [4.69, 9.17) is 17.3 Å². The van der Waals surface area contributed by atoms with E-state index in [-0.39, 0.29) is 5.91 Å². The van der Waals surface area contributed by atoms with E-state index in [1.165, 1.54) is 0 Å². The average Bonchev–Trinajstić information content (AvgIpc) is 2.96. The molecule has 1 aromatic carbocycles. The fraction of sp³-hybridized carbons (Fsp3) is 0.417. The van der Waals surface area contributed by atoms with Gasteiger partial charge in [0.2, 0.25) is 0 Å². The highest BCUT2D eigenvalue weighted by Crippen LogP contribution is 2.33. The van der Waals surface area contributed by atoms with Crippen molar-refractivity contribution >= 4 is 23.2 Å².